The number of aryl methyl sites for hydroxylation is 1. The summed E-state index contributed by atoms with van der Waals surface area (Å²) in [6.07, 6.45) is 0.764. The predicted octanol–water partition coefficient (Wildman–Crippen LogP) is 7.30. The highest BCUT2D eigenvalue weighted by molar-refractivity contribution is 6.05. The van der Waals surface area contributed by atoms with Gasteiger partial charge in [-0.25, -0.2) is 13.8 Å². The van der Waals surface area contributed by atoms with E-state index in [9.17, 15) is 18.4 Å². The first-order valence-corrected chi connectivity index (χ1v) is 15.5. The number of nitrogens with zero attached hydrogens (tertiary/aromatic N) is 3. The molecule has 0 saturated heterocycles. The maximum absolute atomic E-state index is 13.8. The summed E-state index contributed by atoms with van der Waals surface area (Å²) in [5.74, 6) is 0.147. The van der Waals surface area contributed by atoms with Crippen molar-refractivity contribution in [2.24, 2.45) is 0 Å². The lowest BCUT2D eigenvalue weighted by Gasteiger charge is -2.42. The quantitative estimate of drug-likeness (QED) is 0.184. The van der Waals surface area contributed by atoms with E-state index in [1.165, 1.54) is 24.3 Å². The molecule has 2 amide bonds. The number of anilines is 2. The van der Waals surface area contributed by atoms with Gasteiger partial charge in [0.15, 0.2) is 0 Å². The second-order valence-corrected chi connectivity index (χ2v) is 12.2. The molecule has 238 valence electrons. The molecular weight excluding hydrogens is 600 g/mol. The number of rotatable bonds is 8. The molecule has 3 heterocycles. The molecule has 0 radical (unpaired) electrons. The molecule has 0 spiro atoms. The van der Waals surface area contributed by atoms with E-state index in [1.807, 2.05) is 54.8 Å². The zero-order chi connectivity index (χ0) is 32.7. The number of aromatic nitrogens is 2. The number of carbonyl (C=O) groups is 2. The Morgan fingerprint density at radius 2 is 1.57 bits per heavy atom. The average Bonchev–Trinajstić information content (AvgIpc) is 3.63. The number of furan rings is 1. The molecule has 2 N–H and O–H groups in total. The third-order valence-electron chi connectivity index (χ3n) is 8.78. The van der Waals surface area contributed by atoms with Gasteiger partial charge in [-0.15, -0.1) is 0 Å². The number of carbonyl (C=O) groups excluding carboxylic acids is 2. The van der Waals surface area contributed by atoms with Crippen LogP contribution in [0.5, 0.6) is 0 Å². The van der Waals surface area contributed by atoms with Crippen LogP contribution >= 0.6 is 0 Å². The maximum atomic E-state index is 13.8. The third-order valence-corrected chi connectivity index (χ3v) is 8.78. The van der Waals surface area contributed by atoms with E-state index >= 15 is 0 Å². The van der Waals surface area contributed by atoms with Crippen molar-refractivity contribution in [1.29, 1.82) is 0 Å². The van der Waals surface area contributed by atoms with Gasteiger partial charge in [-0.3, -0.25) is 9.59 Å². The molecule has 1 aliphatic rings. The van der Waals surface area contributed by atoms with Crippen LogP contribution in [-0.2, 0) is 28.1 Å². The Hall–Kier alpha value is -5.51. The third kappa shape index (κ3) is 5.82. The molecule has 1 aliphatic heterocycles. The van der Waals surface area contributed by atoms with Gasteiger partial charge in [0.25, 0.3) is 0 Å². The van der Waals surface area contributed by atoms with Gasteiger partial charge in [-0.05, 0) is 92.6 Å². The van der Waals surface area contributed by atoms with Crippen molar-refractivity contribution in [2.75, 3.05) is 18.4 Å². The van der Waals surface area contributed by atoms with Gasteiger partial charge >= 0.3 is 0 Å². The summed E-state index contributed by atoms with van der Waals surface area (Å²) in [4.78, 5) is 33.1. The molecular formula is C37H33F2N5O3. The van der Waals surface area contributed by atoms with E-state index in [0.717, 1.165) is 27.5 Å². The Morgan fingerprint density at radius 1 is 0.872 bits per heavy atom. The van der Waals surface area contributed by atoms with Crippen molar-refractivity contribution >= 4 is 45.3 Å². The molecule has 0 unspecified atom stereocenters. The van der Waals surface area contributed by atoms with Crippen LogP contribution in [0.1, 0.15) is 31.7 Å². The highest BCUT2D eigenvalue weighted by Crippen LogP contribution is 2.39. The molecule has 2 aromatic heterocycles. The normalized spacial score (nSPS) is 13.9. The van der Waals surface area contributed by atoms with Crippen LogP contribution in [0.3, 0.4) is 0 Å². The Bertz CT molecular complexity index is 2120. The zero-order valence-corrected chi connectivity index (χ0v) is 26.0. The van der Waals surface area contributed by atoms with Crippen molar-refractivity contribution in [2.45, 2.75) is 38.8 Å². The van der Waals surface area contributed by atoms with E-state index in [4.69, 9.17) is 9.40 Å². The van der Waals surface area contributed by atoms with Crippen LogP contribution in [-0.4, -0.2) is 39.4 Å². The molecule has 4 aromatic carbocycles. The van der Waals surface area contributed by atoms with E-state index in [2.05, 4.69) is 16.7 Å². The number of hydrogen-bond donors (Lipinski definition) is 2. The fourth-order valence-corrected chi connectivity index (χ4v) is 6.32. The highest BCUT2D eigenvalue weighted by atomic mass is 19.1. The summed E-state index contributed by atoms with van der Waals surface area (Å²) >= 11 is 0. The second-order valence-electron chi connectivity index (χ2n) is 12.2. The lowest BCUT2D eigenvalue weighted by Crippen LogP contribution is -2.54. The Labute approximate surface area is 270 Å². The summed E-state index contributed by atoms with van der Waals surface area (Å²) in [6.45, 7) is 4.50. The smallest absolute Gasteiger partial charge is 0.242 e. The molecule has 0 fully saturated rings. The van der Waals surface area contributed by atoms with Gasteiger partial charge in [0.05, 0.1) is 12.1 Å². The minimum atomic E-state index is -0.833. The van der Waals surface area contributed by atoms with Crippen molar-refractivity contribution in [3.63, 3.8) is 0 Å². The summed E-state index contributed by atoms with van der Waals surface area (Å²) in [5, 5.41) is 8.21. The van der Waals surface area contributed by atoms with E-state index < -0.39 is 5.54 Å². The number of para-hydroxylation sites is 1. The monoisotopic (exact) mass is 633 g/mol. The number of imidazole rings is 1. The Balaban J connectivity index is 1.05. The zero-order valence-electron chi connectivity index (χ0n) is 26.0. The number of amides is 2. The van der Waals surface area contributed by atoms with Crippen LogP contribution < -0.4 is 10.6 Å². The fourth-order valence-electron chi connectivity index (χ4n) is 6.32. The topological polar surface area (TPSA) is 92.4 Å². The molecule has 47 heavy (non-hydrogen) atoms. The average molecular weight is 634 g/mol. The van der Waals surface area contributed by atoms with Crippen molar-refractivity contribution in [3.05, 3.63) is 114 Å². The molecule has 10 heteroatoms. The highest BCUT2D eigenvalue weighted by Gasteiger charge is 2.41. The number of nitrogens with one attached hydrogen (secondary N) is 2. The largest absolute Gasteiger partial charge is 0.456 e. The SMILES string of the molecule is CC1(C)c2nc(-c3ccc(F)cc3)c(Nc3ccc(F)cc3)n2CCN1C(=O)CNC(=O)CCc1ccc2oc3ccccc3c2c1. The minimum Gasteiger partial charge on any atom is -0.456 e. The number of halogens is 2. The standard InChI is InChI=1S/C37H33F2N5O3/c1-37(2)36-42-34(24-9-11-25(38)12-10-24)35(41-27-15-13-26(39)14-16-27)43(36)19-20-44(37)33(46)22-40-32(45)18-8-23-7-17-31-29(21-23)28-5-3-4-6-30(28)47-31/h3-7,9-17,21,41H,8,18-20,22H2,1-2H3,(H,40,45). The molecule has 0 atom stereocenters. The Kier molecular flexibility index (Phi) is 7.71. The first-order valence-electron chi connectivity index (χ1n) is 15.5. The maximum Gasteiger partial charge on any atom is 0.242 e. The van der Waals surface area contributed by atoms with Gasteiger partial charge in [0.1, 0.15) is 40.1 Å². The summed E-state index contributed by atoms with van der Waals surface area (Å²) in [7, 11) is 0. The van der Waals surface area contributed by atoms with Crippen LogP contribution in [0.15, 0.2) is 95.4 Å². The van der Waals surface area contributed by atoms with Crippen LogP contribution in [0, 0.1) is 11.6 Å². The van der Waals surface area contributed by atoms with Crippen LogP contribution in [0.4, 0.5) is 20.3 Å². The molecule has 7 rings (SSSR count). The van der Waals surface area contributed by atoms with Gasteiger partial charge in [-0.2, -0.15) is 0 Å². The minimum absolute atomic E-state index is 0.139. The van der Waals surface area contributed by atoms with Gasteiger partial charge < -0.3 is 24.5 Å². The number of fused-ring (bicyclic) bond motifs is 4. The molecule has 0 bridgehead atoms. The first-order chi connectivity index (χ1) is 22.7. The second kappa shape index (κ2) is 12.0. The lowest BCUT2D eigenvalue weighted by molar-refractivity contribution is -0.139. The van der Waals surface area contributed by atoms with Gasteiger partial charge in [0, 0.05) is 41.5 Å². The van der Waals surface area contributed by atoms with Crippen LogP contribution in [0.25, 0.3) is 33.2 Å². The van der Waals surface area contributed by atoms with E-state index in [-0.39, 0.29) is 36.4 Å². The first kappa shape index (κ1) is 30.2. The van der Waals surface area contributed by atoms with E-state index in [0.29, 0.717) is 48.1 Å². The van der Waals surface area contributed by atoms with Crippen LogP contribution in [0.2, 0.25) is 0 Å². The summed E-state index contributed by atoms with van der Waals surface area (Å²) < 4.78 is 35.3. The van der Waals surface area contributed by atoms with Gasteiger partial charge in [0.2, 0.25) is 11.8 Å². The molecule has 0 saturated carbocycles. The van der Waals surface area contributed by atoms with Crippen molar-refractivity contribution < 1.29 is 22.8 Å². The Morgan fingerprint density at radius 3 is 2.34 bits per heavy atom. The predicted molar refractivity (Wildman–Crippen MR) is 177 cm³/mol. The van der Waals surface area contributed by atoms with Crippen molar-refractivity contribution in [3.8, 4) is 11.3 Å². The number of benzene rings is 4. The lowest BCUT2D eigenvalue weighted by atomic mass is 9.99. The number of hydrogen-bond acceptors (Lipinski definition) is 5. The summed E-state index contributed by atoms with van der Waals surface area (Å²) in [5.41, 5.74) is 3.75. The molecule has 8 nitrogen and oxygen atoms in total. The fraction of sp³-hybridized carbons (Fsp3) is 0.216. The molecule has 0 aliphatic carbocycles. The van der Waals surface area contributed by atoms with Gasteiger partial charge in [-0.1, -0.05) is 24.3 Å². The summed E-state index contributed by atoms with van der Waals surface area (Å²) in [6, 6.07) is 25.9. The molecule has 6 aromatic rings. The van der Waals surface area contributed by atoms with E-state index in [1.54, 1.807) is 29.2 Å². The van der Waals surface area contributed by atoms with Crippen molar-refractivity contribution in [1.82, 2.24) is 19.8 Å².